The summed E-state index contributed by atoms with van der Waals surface area (Å²) in [5.41, 5.74) is 8.82. The van der Waals surface area contributed by atoms with Crippen molar-refractivity contribution >= 4 is 11.6 Å². The number of anilines is 1. The van der Waals surface area contributed by atoms with Gasteiger partial charge in [-0.3, -0.25) is 4.79 Å². The Morgan fingerprint density at radius 3 is 2.63 bits per heavy atom. The summed E-state index contributed by atoms with van der Waals surface area (Å²) in [6, 6.07) is 6.22. The molecule has 1 aliphatic rings. The van der Waals surface area contributed by atoms with E-state index in [0.717, 1.165) is 12.1 Å². The number of aryl methyl sites for hydroxylation is 2. The molecule has 2 rings (SSSR count). The number of morpholine rings is 1. The van der Waals surface area contributed by atoms with Gasteiger partial charge in [0.1, 0.15) is 6.10 Å². The van der Waals surface area contributed by atoms with Crippen molar-refractivity contribution in [3.05, 3.63) is 29.3 Å². The zero-order valence-corrected chi connectivity index (χ0v) is 11.7. The van der Waals surface area contributed by atoms with Crippen LogP contribution in [-0.4, -0.2) is 31.7 Å². The Morgan fingerprint density at radius 1 is 1.32 bits per heavy atom. The highest BCUT2D eigenvalue weighted by atomic mass is 16.5. The third-order valence-corrected chi connectivity index (χ3v) is 3.36. The van der Waals surface area contributed by atoms with Crippen LogP contribution < -0.4 is 10.6 Å². The van der Waals surface area contributed by atoms with Crippen LogP contribution in [0.2, 0.25) is 0 Å². The van der Waals surface area contributed by atoms with Crippen molar-refractivity contribution in [2.24, 2.45) is 5.73 Å². The van der Waals surface area contributed by atoms with Crippen LogP contribution in [0.1, 0.15) is 24.0 Å². The van der Waals surface area contributed by atoms with Crippen molar-refractivity contribution in [1.82, 2.24) is 0 Å². The van der Waals surface area contributed by atoms with E-state index in [2.05, 4.69) is 18.2 Å². The first-order valence-electron chi connectivity index (χ1n) is 6.83. The predicted octanol–water partition coefficient (Wildman–Crippen LogP) is 1.77. The molecule has 0 bridgehead atoms. The average molecular weight is 262 g/mol. The molecule has 1 aromatic carbocycles. The molecule has 1 atom stereocenters. The van der Waals surface area contributed by atoms with Crippen LogP contribution >= 0.6 is 0 Å². The summed E-state index contributed by atoms with van der Waals surface area (Å²) < 4.78 is 5.56. The molecule has 1 amide bonds. The van der Waals surface area contributed by atoms with Crippen molar-refractivity contribution in [2.45, 2.75) is 32.8 Å². The Morgan fingerprint density at radius 2 is 2.00 bits per heavy atom. The van der Waals surface area contributed by atoms with E-state index >= 15 is 0 Å². The lowest BCUT2D eigenvalue weighted by atomic mass is 10.1. The lowest BCUT2D eigenvalue weighted by Gasteiger charge is -2.32. The summed E-state index contributed by atoms with van der Waals surface area (Å²) in [7, 11) is 0. The molecule has 1 aromatic rings. The molecule has 4 nitrogen and oxygen atoms in total. The first-order chi connectivity index (χ1) is 9.11. The van der Waals surface area contributed by atoms with Gasteiger partial charge in [-0.05, 0) is 56.5 Å². The van der Waals surface area contributed by atoms with E-state index in [1.165, 1.54) is 11.1 Å². The normalized spacial score (nSPS) is 19.8. The minimum Gasteiger partial charge on any atom is -0.367 e. The number of amides is 1. The maximum Gasteiger partial charge on any atom is 0.256 e. The van der Waals surface area contributed by atoms with Gasteiger partial charge in [0.15, 0.2) is 0 Å². The fraction of sp³-hybridized carbons (Fsp3) is 0.533. The zero-order valence-electron chi connectivity index (χ0n) is 11.7. The van der Waals surface area contributed by atoms with E-state index in [4.69, 9.17) is 10.5 Å². The third-order valence-electron chi connectivity index (χ3n) is 3.36. The maximum atomic E-state index is 12.4. The molecule has 0 spiro atoms. The number of benzene rings is 1. The smallest absolute Gasteiger partial charge is 0.256 e. The average Bonchev–Trinajstić information content (AvgIpc) is 2.36. The van der Waals surface area contributed by atoms with Crippen molar-refractivity contribution in [2.75, 3.05) is 24.6 Å². The lowest BCUT2D eigenvalue weighted by Crippen LogP contribution is -2.48. The van der Waals surface area contributed by atoms with E-state index in [9.17, 15) is 4.79 Å². The largest absolute Gasteiger partial charge is 0.367 e. The number of carbonyl (C=O) groups is 1. The van der Waals surface area contributed by atoms with Crippen LogP contribution in [0, 0.1) is 13.8 Å². The highest BCUT2D eigenvalue weighted by molar-refractivity contribution is 5.97. The fourth-order valence-corrected chi connectivity index (χ4v) is 2.51. The molecule has 0 aromatic heterocycles. The number of carbonyl (C=O) groups excluding carboxylic acids is 1. The van der Waals surface area contributed by atoms with Gasteiger partial charge >= 0.3 is 0 Å². The maximum absolute atomic E-state index is 12.4. The second-order valence-electron chi connectivity index (χ2n) is 5.13. The Balaban J connectivity index is 2.16. The number of nitrogens with two attached hydrogens (primary N) is 1. The van der Waals surface area contributed by atoms with E-state index in [1.54, 1.807) is 0 Å². The van der Waals surface area contributed by atoms with E-state index in [0.29, 0.717) is 26.1 Å². The minimum absolute atomic E-state index is 0.0599. The van der Waals surface area contributed by atoms with Crippen LogP contribution in [-0.2, 0) is 9.53 Å². The summed E-state index contributed by atoms with van der Waals surface area (Å²) in [4.78, 5) is 14.3. The number of nitrogens with zero attached hydrogens (tertiary/aromatic N) is 1. The van der Waals surface area contributed by atoms with Gasteiger partial charge in [-0.1, -0.05) is 6.07 Å². The molecule has 1 heterocycles. The molecule has 1 saturated heterocycles. The Bertz CT molecular complexity index is 439. The molecule has 19 heavy (non-hydrogen) atoms. The molecule has 4 heteroatoms. The van der Waals surface area contributed by atoms with Crippen molar-refractivity contribution in [3.8, 4) is 0 Å². The van der Waals surface area contributed by atoms with Crippen molar-refractivity contribution < 1.29 is 9.53 Å². The molecule has 1 fully saturated rings. The highest BCUT2D eigenvalue weighted by Gasteiger charge is 2.30. The molecule has 0 saturated carbocycles. The SMILES string of the molecule is Cc1cc(C)cc(N2CCOC(CCCN)C2=O)c1. The molecule has 0 aliphatic carbocycles. The number of hydrogen-bond acceptors (Lipinski definition) is 3. The van der Waals surface area contributed by atoms with Gasteiger partial charge in [-0.2, -0.15) is 0 Å². The molecule has 1 unspecified atom stereocenters. The fourth-order valence-electron chi connectivity index (χ4n) is 2.51. The van der Waals surface area contributed by atoms with E-state index in [-0.39, 0.29) is 12.0 Å². The van der Waals surface area contributed by atoms with Gasteiger partial charge in [0.05, 0.1) is 6.61 Å². The van der Waals surface area contributed by atoms with Crippen molar-refractivity contribution in [3.63, 3.8) is 0 Å². The van der Waals surface area contributed by atoms with Gasteiger partial charge in [-0.15, -0.1) is 0 Å². The molecule has 104 valence electrons. The van der Waals surface area contributed by atoms with Crippen LogP contribution in [0.15, 0.2) is 18.2 Å². The first kappa shape index (κ1) is 14.0. The van der Waals surface area contributed by atoms with Gasteiger partial charge in [-0.25, -0.2) is 0 Å². The van der Waals surface area contributed by atoms with Gasteiger partial charge in [0.25, 0.3) is 5.91 Å². The third kappa shape index (κ3) is 3.33. The second-order valence-corrected chi connectivity index (χ2v) is 5.13. The monoisotopic (exact) mass is 262 g/mol. The minimum atomic E-state index is -0.335. The van der Waals surface area contributed by atoms with Crippen LogP contribution in [0.25, 0.3) is 0 Å². The summed E-state index contributed by atoms with van der Waals surface area (Å²) >= 11 is 0. The summed E-state index contributed by atoms with van der Waals surface area (Å²) in [5, 5.41) is 0. The molecular formula is C15H22N2O2. The van der Waals surface area contributed by atoms with Gasteiger partial charge in [0, 0.05) is 12.2 Å². The number of ether oxygens (including phenoxy) is 1. The summed E-state index contributed by atoms with van der Waals surface area (Å²) in [6.45, 7) is 5.91. The zero-order chi connectivity index (χ0) is 13.8. The van der Waals surface area contributed by atoms with Crippen LogP contribution in [0.3, 0.4) is 0 Å². The van der Waals surface area contributed by atoms with Crippen molar-refractivity contribution in [1.29, 1.82) is 0 Å². The Labute approximate surface area is 114 Å². The Hall–Kier alpha value is -1.39. The van der Waals surface area contributed by atoms with Gasteiger partial charge < -0.3 is 15.4 Å². The van der Waals surface area contributed by atoms with E-state index < -0.39 is 0 Å². The first-order valence-corrected chi connectivity index (χ1v) is 6.83. The predicted molar refractivity (Wildman–Crippen MR) is 76.3 cm³/mol. The van der Waals surface area contributed by atoms with E-state index in [1.807, 2.05) is 18.7 Å². The molecule has 1 aliphatic heterocycles. The lowest BCUT2D eigenvalue weighted by molar-refractivity contribution is -0.134. The number of hydrogen-bond donors (Lipinski definition) is 1. The number of rotatable bonds is 4. The Kier molecular flexibility index (Phi) is 4.56. The van der Waals surface area contributed by atoms with Gasteiger partial charge in [0.2, 0.25) is 0 Å². The standard InChI is InChI=1S/C15H22N2O2/c1-11-8-12(2)10-13(9-11)17-6-7-19-14(15(17)18)4-3-5-16/h8-10,14H,3-7,16H2,1-2H3. The van der Waals surface area contributed by atoms with Crippen LogP contribution in [0.5, 0.6) is 0 Å². The molecular weight excluding hydrogens is 240 g/mol. The summed E-state index contributed by atoms with van der Waals surface area (Å²) in [6.07, 6.45) is 1.19. The molecule has 0 radical (unpaired) electrons. The summed E-state index contributed by atoms with van der Waals surface area (Å²) in [5.74, 6) is 0.0599. The molecule has 2 N–H and O–H groups in total. The quantitative estimate of drug-likeness (QED) is 0.899. The van der Waals surface area contributed by atoms with Crippen LogP contribution in [0.4, 0.5) is 5.69 Å². The second kappa shape index (κ2) is 6.17. The topological polar surface area (TPSA) is 55.6 Å². The highest BCUT2D eigenvalue weighted by Crippen LogP contribution is 2.23.